The highest BCUT2D eigenvalue weighted by molar-refractivity contribution is 5.37. The number of halogens is 1. The number of benzene rings is 2. The molecule has 0 bridgehead atoms. The molecule has 0 radical (unpaired) electrons. The van der Waals surface area contributed by atoms with Gasteiger partial charge in [-0.15, -0.1) is 0 Å². The van der Waals surface area contributed by atoms with E-state index >= 15 is 0 Å². The minimum atomic E-state index is -0.353. The van der Waals surface area contributed by atoms with E-state index in [9.17, 15) is 4.39 Å². The first-order valence-electron chi connectivity index (χ1n) is 6.99. The highest BCUT2D eigenvalue weighted by Gasteiger charge is 2.12. The van der Waals surface area contributed by atoms with Crippen molar-refractivity contribution in [2.75, 3.05) is 0 Å². The smallest absolute Gasteiger partial charge is 0.165 e. The Bertz CT molecular complexity index is 624. The molecule has 2 nitrogen and oxygen atoms in total. The molecule has 2 aromatic carbocycles. The van der Waals surface area contributed by atoms with Crippen LogP contribution in [-0.4, -0.2) is 0 Å². The third-order valence-corrected chi connectivity index (χ3v) is 3.81. The zero-order valence-corrected chi connectivity index (χ0v) is 11.4. The molecule has 1 aliphatic rings. The van der Waals surface area contributed by atoms with Crippen LogP contribution in [0.25, 0.3) is 0 Å². The van der Waals surface area contributed by atoms with E-state index in [-0.39, 0.29) is 18.1 Å². The van der Waals surface area contributed by atoms with Gasteiger partial charge in [-0.2, -0.15) is 0 Å². The van der Waals surface area contributed by atoms with Crippen molar-refractivity contribution in [1.82, 2.24) is 0 Å². The van der Waals surface area contributed by atoms with Gasteiger partial charge in [0.1, 0.15) is 6.61 Å². The van der Waals surface area contributed by atoms with Crippen molar-refractivity contribution in [3.63, 3.8) is 0 Å². The molecule has 3 rings (SSSR count). The summed E-state index contributed by atoms with van der Waals surface area (Å²) in [7, 11) is 0. The minimum Gasteiger partial charge on any atom is -0.485 e. The molecule has 0 heterocycles. The van der Waals surface area contributed by atoms with Gasteiger partial charge in [-0.1, -0.05) is 30.3 Å². The number of hydrogen-bond acceptors (Lipinski definition) is 2. The normalized spacial score (nSPS) is 13.3. The third-order valence-electron chi connectivity index (χ3n) is 3.81. The molecule has 2 aromatic rings. The number of hydrogen-bond donors (Lipinski definition) is 1. The van der Waals surface area contributed by atoms with Crippen LogP contribution < -0.4 is 10.5 Å². The fourth-order valence-corrected chi connectivity index (χ4v) is 2.75. The van der Waals surface area contributed by atoms with Crippen LogP contribution in [-0.2, 0) is 26.0 Å². The first kappa shape index (κ1) is 13.1. The average molecular weight is 271 g/mol. The average Bonchev–Trinajstić information content (AvgIpc) is 2.93. The molecule has 0 spiro atoms. The highest BCUT2D eigenvalue weighted by Crippen LogP contribution is 2.26. The SMILES string of the molecule is NCc1cccc(F)c1OCc1ccc2c(c1)CCC2. The van der Waals surface area contributed by atoms with Crippen molar-refractivity contribution in [3.05, 3.63) is 64.5 Å². The van der Waals surface area contributed by atoms with Crippen molar-refractivity contribution >= 4 is 0 Å². The number of para-hydroxylation sites is 1. The summed E-state index contributed by atoms with van der Waals surface area (Å²) >= 11 is 0. The predicted molar refractivity (Wildman–Crippen MR) is 77.1 cm³/mol. The predicted octanol–water partition coefficient (Wildman–Crippen LogP) is 3.35. The van der Waals surface area contributed by atoms with E-state index in [0.29, 0.717) is 12.2 Å². The molecular weight excluding hydrogens is 253 g/mol. The Morgan fingerprint density at radius 2 is 1.95 bits per heavy atom. The van der Waals surface area contributed by atoms with Gasteiger partial charge in [0.05, 0.1) is 0 Å². The quantitative estimate of drug-likeness (QED) is 0.925. The zero-order chi connectivity index (χ0) is 13.9. The molecule has 0 atom stereocenters. The fraction of sp³-hybridized carbons (Fsp3) is 0.294. The Labute approximate surface area is 118 Å². The van der Waals surface area contributed by atoms with Gasteiger partial charge in [0.2, 0.25) is 0 Å². The molecule has 0 saturated heterocycles. The van der Waals surface area contributed by atoms with Gasteiger partial charge in [0.15, 0.2) is 11.6 Å². The molecular formula is C17H18FNO. The summed E-state index contributed by atoms with van der Waals surface area (Å²) in [4.78, 5) is 0. The molecule has 0 unspecified atom stereocenters. The van der Waals surface area contributed by atoms with Gasteiger partial charge < -0.3 is 10.5 Å². The second-order valence-electron chi connectivity index (χ2n) is 5.18. The maximum atomic E-state index is 13.8. The zero-order valence-electron chi connectivity index (χ0n) is 11.4. The lowest BCUT2D eigenvalue weighted by molar-refractivity contribution is 0.287. The van der Waals surface area contributed by atoms with Gasteiger partial charge in [0.25, 0.3) is 0 Å². The maximum absolute atomic E-state index is 13.8. The van der Waals surface area contributed by atoms with Crippen molar-refractivity contribution < 1.29 is 9.13 Å². The van der Waals surface area contributed by atoms with Crippen LogP contribution in [0.2, 0.25) is 0 Å². The van der Waals surface area contributed by atoms with Crippen molar-refractivity contribution in [2.24, 2.45) is 5.73 Å². The molecule has 2 N–H and O–H groups in total. The van der Waals surface area contributed by atoms with Crippen LogP contribution >= 0.6 is 0 Å². The van der Waals surface area contributed by atoms with Crippen LogP contribution in [0, 0.1) is 5.82 Å². The fourth-order valence-electron chi connectivity index (χ4n) is 2.75. The van der Waals surface area contributed by atoms with E-state index in [4.69, 9.17) is 10.5 Å². The lowest BCUT2D eigenvalue weighted by Gasteiger charge is -2.12. The first-order chi connectivity index (χ1) is 9.78. The Balaban J connectivity index is 1.77. The monoisotopic (exact) mass is 271 g/mol. The summed E-state index contributed by atoms with van der Waals surface area (Å²) in [6.07, 6.45) is 3.53. The molecule has 0 saturated carbocycles. The van der Waals surface area contributed by atoms with E-state index in [1.165, 1.54) is 30.0 Å². The van der Waals surface area contributed by atoms with Gasteiger partial charge >= 0.3 is 0 Å². The number of nitrogens with two attached hydrogens (primary N) is 1. The van der Waals surface area contributed by atoms with E-state index < -0.39 is 0 Å². The molecule has 0 aromatic heterocycles. The lowest BCUT2D eigenvalue weighted by atomic mass is 10.1. The van der Waals surface area contributed by atoms with Gasteiger partial charge in [0, 0.05) is 12.1 Å². The summed E-state index contributed by atoms with van der Waals surface area (Å²) in [5, 5.41) is 0. The van der Waals surface area contributed by atoms with E-state index in [0.717, 1.165) is 12.0 Å². The van der Waals surface area contributed by atoms with Crippen LogP contribution in [0.15, 0.2) is 36.4 Å². The number of rotatable bonds is 4. The first-order valence-corrected chi connectivity index (χ1v) is 6.99. The maximum Gasteiger partial charge on any atom is 0.165 e. The van der Waals surface area contributed by atoms with E-state index in [1.807, 2.05) is 0 Å². The molecule has 0 fully saturated rings. The number of fused-ring (bicyclic) bond motifs is 1. The summed E-state index contributed by atoms with van der Waals surface area (Å²) in [5.41, 5.74) is 10.2. The van der Waals surface area contributed by atoms with Crippen molar-refractivity contribution in [3.8, 4) is 5.75 Å². The van der Waals surface area contributed by atoms with E-state index in [1.54, 1.807) is 12.1 Å². The summed E-state index contributed by atoms with van der Waals surface area (Å²) in [6, 6.07) is 11.2. The largest absolute Gasteiger partial charge is 0.485 e. The summed E-state index contributed by atoms with van der Waals surface area (Å²) in [6.45, 7) is 0.651. The Hall–Kier alpha value is -1.87. The molecule has 0 amide bonds. The highest BCUT2D eigenvalue weighted by atomic mass is 19.1. The molecule has 104 valence electrons. The second-order valence-corrected chi connectivity index (χ2v) is 5.18. The van der Waals surface area contributed by atoms with Crippen LogP contribution in [0.4, 0.5) is 4.39 Å². The number of aryl methyl sites for hydroxylation is 2. The standard InChI is InChI=1S/C17H18FNO/c18-16-6-2-5-15(10-19)17(16)20-11-12-7-8-13-3-1-4-14(13)9-12/h2,5-9H,1,3-4,10-11,19H2. The third kappa shape index (κ3) is 2.54. The van der Waals surface area contributed by atoms with Crippen LogP contribution in [0.5, 0.6) is 5.75 Å². The van der Waals surface area contributed by atoms with Crippen molar-refractivity contribution in [1.29, 1.82) is 0 Å². The Kier molecular flexibility index (Phi) is 3.70. The number of ether oxygens (including phenoxy) is 1. The molecule has 1 aliphatic carbocycles. The Morgan fingerprint density at radius 1 is 1.10 bits per heavy atom. The minimum absolute atomic E-state index is 0.274. The second kappa shape index (κ2) is 5.63. The van der Waals surface area contributed by atoms with Crippen LogP contribution in [0.1, 0.15) is 28.7 Å². The topological polar surface area (TPSA) is 35.2 Å². The van der Waals surface area contributed by atoms with E-state index in [2.05, 4.69) is 18.2 Å². The molecule has 0 aliphatic heterocycles. The van der Waals surface area contributed by atoms with Gasteiger partial charge in [-0.05, 0) is 42.0 Å². The van der Waals surface area contributed by atoms with Crippen molar-refractivity contribution in [2.45, 2.75) is 32.4 Å². The van der Waals surface area contributed by atoms with Gasteiger partial charge in [-0.3, -0.25) is 0 Å². The summed E-state index contributed by atoms with van der Waals surface area (Å²) in [5.74, 6) is -0.0791. The lowest BCUT2D eigenvalue weighted by Crippen LogP contribution is -2.05. The summed E-state index contributed by atoms with van der Waals surface area (Å²) < 4.78 is 19.4. The molecule has 3 heteroatoms. The van der Waals surface area contributed by atoms with Gasteiger partial charge in [-0.25, -0.2) is 4.39 Å². The van der Waals surface area contributed by atoms with Crippen LogP contribution in [0.3, 0.4) is 0 Å². The molecule has 20 heavy (non-hydrogen) atoms. The Morgan fingerprint density at radius 3 is 2.80 bits per heavy atom.